The van der Waals surface area contributed by atoms with Gasteiger partial charge in [0.1, 0.15) is 5.75 Å². The third kappa shape index (κ3) is 2.99. The molecule has 0 saturated carbocycles. The van der Waals surface area contributed by atoms with E-state index in [0.717, 1.165) is 17.1 Å². The monoisotopic (exact) mass is 273 g/mol. The van der Waals surface area contributed by atoms with Gasteiger partial charge < -0.3 is 10.1 Å². The standard InChI is InChI=1S/C15H19N3O2/c1-10-14(11(2)18(4)17-10)16-15(19)12(3)20-13-8-6-5-7-9-13/h5-9,12H,1-4H3,(H,16,19). The average molecular weight is 273 g/mol. The van der Waals surface area contributed by atoms with Crippen molar-refractivity contribution in [3.8, 4) is 5.75 Å². The minimum absolute atomic E-state index is 0.187. The number of para-hydroxylation sites is 1. The molecule has 5 heteroatoms. The van der Waals surface area contributed by atoms with Gasteiger partial charge in [0.25, 0.3) is 5.91 Å². The summed E-state index contributed by atoms with van der Waals surface area (Å²) in [6.07, 6.45) is -0.573. The van der Waals surface area contributed by atoms with Crippen molar-refractivity contribution in [1.29, 1.82) is 0 Å². The summed E-state index contributed by atoms with van der Waals surface area (Å²) in [5.41, 5.74) is 2.47. The van der Waals surface area contributed by atoms with E-state index < -0.39 is 6.10 Å². The van der Waals surface area contributed by atoms with E-state index in [1.54, 1.807) is 11.6 Å². The van der Waals surface area contributed by atoms with Crippen LogP contribution in [0.1, 0.15) is 18.3 Å². The smallest absolute Gasteiger partial charge is 0.265 e. The Morgan fingerprint density at radius 1 is 1.30 bits per heavy atom. The number of nitrogens with zero attached hydrogens (tertiary/aromatic N) is 2. The highest BCUT2D eigenvalue weighted by atomic mass is 16.5. The number of hydrogen-bond acceptors (Lipinski definition) is 3. The molecule has 0 fully saturated rings. The molecular weight excluding hydrogens is 254 g/mol. The van der Waals surface area contributed by atoms with Crippen LogP contribution in [-0.2, 0) is 11.8 Å². The maximum atomic E-state index is 12.2. The second kappa shape index (κ2) is 5.77. The topological polar surface area (TPSA) is 56.2 Å². The van der Waals surface area contributed by atoms with Crippen LogP contribution in [0.4, 0.5) is 5.69 Å². The normalized spacial score (nSPS) is 12.0. The maximum Gasteiger partial charge on any atom is 0.265 e. The van der Waals surface area contributed by atoms with E-state index in [0.29, 0.717) is 5.75 Å². The molecule has 0 aliphatic rings. The number of nitrogens with one attached hydrogen (secondary N) is 1. The second-order valence-corrected chi connectivity index (χ2v) is 4.73. The molecule has 0 bridgehead atoms. The highest BCUT2D eigenvalue weighted by molar-refractivity contribution is 5.95. The van der Waals surface area contributed by atoms with Crippen molar-refractivity contribution >= 4 is 11.6 Å². The summed E-state index contributed by atoms with van der Waals surface area (Å²) < 4.78 is 7.34. The lowest BCUT2D eigenvalue weighted by Gasteiger charge is -2.14. The summed E-state index contributed by atoms with van der Waals surface area (Å²) in [6, 6.07) is 9.29. The lowest BCUT2D eigenvalue weighted by molar-refractivity contribution is -0.122. The van der Waals surface area contributed by atoms with Gasteiger partial charge in [-0.2, -0.15) is 5.10 Å². The first-order valence-electron chi connectivity index (χ1n) is 6.52. The molecule has 1 N–H and O–H groups in total. The first-order valence-corrected chi connectivity index (χ1v) is 6.52. The zero-order chi connectivity index (χ0) is 14.7. The molecule has 0 saturated heterocycles. The molecule has 1 amide bonds. The highest BCUT2D eigenvalue weighted by Crippen LogP contribution is 2.19. The third-order valence-corrected chi connectivity index (χ3v) is 3.18. The molecule has 1 heterocycles. The number of benzene rings is 1. The van der Waals surface area contributed by atoms with Crippen molar-refractivity contribution in [2.24, 2.45) is 7.05 Å². The van der Waals surface area contributed by atoms with Gasteiger partial charge >= 0.3 is 0 Å². The van der Waals surface area contributed by atoms with Gasteiger partial charge in [0, 0.05) is 7.05 Å². The van der Waals surface area contributed by atoms with Crippen LogP contribution >= 0.6 is 0 Å². The summed E-state index contributed by atoms with van der Waals surface area (Å²) >= 11 is 0. The number of rotatable bonds is 4. The van der Waals surface area contributed by atoms with Gasteiger partial charge in [0.2, 0.25) is 0 Å². The van der Waals surface area contributed by atoms with Crippen LogP contribution in [0, 0.1) is 13.8 Å². The van der Waals surface area contributed by atoms with Crippen molar-refractivity contribution in [2.75, 3.05) is 5.32 Å². The van der Waals surface area contributed by atoms with Crippen LogP contribution in [0.15, 0.2) is 30.3 Å². The first-order chi connectivity index (χ1) is 9.49. The predicted molar refractivity (Wildman–Crippen MR) is 77.8 cm³/mol. The minimum atomic E-state index is -0.573. The number of carbonyl (C=O) groups is 1. The number of anilines is 1. The Kier molecular flexibility index (Phi) is 4.08. The lowest BCUT2D eigenvalue weighted by atomic mass is 10.3. The number of aromatic nitrogens is 2. The summed E-state index contributed by atoms with van der Waals surface area (Å²) in [6.45, 7) is 5.51. The molecule has 1 atom stereocenters. The van der Waals surface area contributed by atoms with Crippen LogP contribution in [-0.4, -0.2) is 21.8 Å². The molecule has 106 valence electrons. The summed E-state index contributed by atoms with van der Waals surface area (Å²) in [4.78, 5) is 12.2. The Labute approximate surface area is 118 Å². The Morgan fingerprint density at radius 3 is 2.50 bits per heavy atom. The van der Waals surface area contributed by atoms with E-state index in [4.69, 9.17) is 4.74 Å². The summed E-state index contributed by atoms with van der Waals surface area (Å²) in [5.74, 6) is 0.489. The molecule has 2 rings (SSSR count). The minimum Gasteiger partial charge on any atom is -0.481 e. The van der Waals surface area contributed by atoms with Crippen LogP contribution in [0.2, 0.25) is 0 Å². The van der Waals surface area contributed by atoms with Gasteiger partial charge in [-0.1, -0.05) is 18.2 Å². The van der Waals surface area contributed by atoms with E-state index in [-0.39, 0.29) is 5.91 Å². The molecule has 0 spiro atoms. The number of amides is 1. The van der Waals surface area contributed by atoms with Gasteiger partial charge in [0.15, 0.2) is 6.10 Å². The second-order valence-electron chi connectivity index (χ2n) is 4.73. The van der Waals surface area contributed by atoms with E-state index in [1.807, 2.05) is 51.2 Å². The van der Waals surface area contributed by atoms with Crippen molar-refractivity contribution < 1.29 is 9.53 Å². The van der Waals surface area contributed by atoms with Crippen LogP contribution in [0.5, 0.6) is 5.75 Å². The molecule has 0 aliphatic carbocycles. The van der Waals surface area contributed by atoms with Crippen LogP contribution in [0.3, 0.4) is 0 Å². The molecule has 0 aliphatic heterocycles. The van der Waals surface area contributed by atoms with E-state index in [9.17, 15) is 4.79 Å². The lowest BCUT2D eigenvalue weighted by Crippen LogP contribution is -2.30. The zero-order valence-corrected chi connectivity index (χ0v) is 12.2. The van der Waals surface area contributed by atoms with E-state index in [1.165, 1.54) is 0 Å². The fourth-order valence-corrected chi connectivity index (χ4v) is 1.94. The number of carbonyl (C=O) groups excluding carboxylic acids is 1. The molecular formula is C15H19N3O2. The Morgan fingerprint density at radius 2 is 1.95 bits per heavy atom. The highest BCUT2D eigenvalue weighted by Gasteiger charge is 2.18. The van der Waals surface area contributed by atoms with Crippen molar-refractivity contribution in [3.63, 3.8) is 0 Å². The average Bonchev–Trinajstić information content (AvgIpc) is 2.66. The third-order valence-electron chi connectivity index (χ3n) is 3.18. The fourth-order valence-electron chi connectivity index (χ4n) is 1.94. The molecule has 2 aromatic rings. The van der Waals surface area contributed by atoms with E-state index in [2.05, 4.69) is 10.4 Å². The summed E-state index contributed by atoms with van der Waals surface area (Å²) in [5, 5.41) is 7.14. The van der Waals surface area contributed by atoms with Gasteiger partial charge in [-0.15, -0.1) is 0 Å². The zero-order valence-electron chi connectivity index (χ0n) is 12.2. The Bertz CT molecular complexity index is 605. The quantitative estimate of drug-likeness (QED) is 0.931. The molecule has 0 radical (unpaired) electrons. The summed E-state index contributed by atoms with van der Waals surface area (Å²) in [7, 11) is 1.85. The molecule has 20 heavy (non-hydrogen) atoms. The van der Waals surface area contributed by atoms with Crippen LogP contribution < -0.4 is 10.1 Å². The van der Waals surface area contributed by atoms with Crippen molar-refractivity contribution in [2.45, 2.75) is 26.9 Å². The Balaban J connectivity index is 2.04. The molecule has 1 aromatic carbocycles. The maximum absolute atomic E-state index is 12.2. The van der Waals surface area contributed by atoms with Gasteiger partial charge in [-0.25, -0.2) is 0 Å². The van der Waals surface area contributed by atoms with Gasteiger partial charge in [-0.3, -0.25) is 9.48 Å². The molecule has 1 unspecified atom stereocenters. The number of ether oxygens (including phenoxy) is 1. The predicted octanol–water partition coefficient (Wildman–Crippen LogP) is 2.44. The Hall–Kier alpha value is -2.30. The van der Waals surface area contributed by atoms with Gasteiger partial charge in [-0.05, 0) is 32.9 Å². The number of aryl methyl sites for hydroxylation is 2. The fraction of sp³-hybridized carbons (Fsp3) is 0.333. The van der Waals surface area contributed by atoms with Crippen molar-refractivity contribution in [3.05, 3.63) is 41.7 Å². The van der Waals surface area contributed by atoms with Gasteiger partial charge in [0.05, 0.1) is 17.1 Å². The largest absolute Gasteiger partial charge is 0.481 e. The molecule has 5 nitrogen and oxygen atoms in total. The van der Waals surface area contributed by atoms with Crippen molar-refractivity contribution in [1.82, 2.24) is 9.78 Å². The first kappa shape index (κ1) is 14.1. The van der Waals surface area contributed by atoms with Crippen LogP contribution in [0.25, 0.3) is 0 Å². The van der Waals surface area contributed by atoms with E-state index >= 15 is 0 Å². The number of hydrogen-bond donors (Lipinski definition) is 1. The molecule has 1 aromatic heterocycles. The SMILES string of the molecule is Cc1nn(C)c(C)c1NC(=O)C(C)Oc1ccccc1.